The second-order valence-electron chi connectivity index (χ2n) is 6.02. The lowest BCUT2D eigenvalue weighted by Crippen LogP contribution is -2.20. The van der Waals surface area contributed by atoms with E-state index in [9.17, 15) is 9.59 Å². The number of aromatic nitrogens is 1. The van der Waals surface area contributed by atoms with Crippen molar-refractivity contribution in [3.8, 4) is 16.3 Å². The number of hydrogen-bond acceptors (Lipinski definition) is 5. The molecule has 2 amide bonds. The van der Waals surface area contributed by atoms with Crippen LogP contribution in [0.5, 0.6) is 5.75 Å². The summed E-state index contributed by atoms with van der Waals surface area (Å²) in [5, 5.41) is 5.58. The van der Waals surface area contributed by atoms with Crippen molar-refractivity contribution in [3.05, 3.63) is 65.2 Å². The molecule has 0 aliphatic carbocycles. The molecule has 0 spiro atoms. The van der Waals surface area contributed by atoms with E-state index in [-0.39, 0.29) is 18.9 Å². The number of nitrogens with one attached hydrogen (secondary N) is 1. The van der Waals surface area contributed by atoms with Crippen LogP contribution in [0.2, 0.25) is 0 Å². The number of rotatable bonds is 7. The third-order valence-electron chi connectivity index (χ3n) is 3.69. The van der Waals surface area contributed by atoms with E-state index in [1.807, 2.05) is 36.6 Å². The Balaban J connectivity index is 1.60. The molecule has 0 saturated heterocycles. The van der Waals surface area contributed by atoms with Gasteiger partial charge in [0.05, 0.1) is 12.1 Å². The maximum atomic E-state index is 12.3. The number of hydrogen-bond donors (Lipinski definition) is 2. The molecule has 138 valence electrons. The Morgan fingerprint density at radius 2 is 1.96 bits per heavy atom. The summed E-state index contributed by atoms with van der Waals surface area (Å²) >= 11 is 1.51. The van der Waals surface area contributed by atoms with Gasteiger partial charge in [-0.1, -0.05) is 35.9 Å². The smallest absolute Gasteiger partial charge is 0.255 e. The number of nitrogens with two attached hydrogens (primary N) is 1. The Kier molecular flexibility index (Phi) is 5.83. The number of aryl methyl sites for hydroxylation is 1. The first-order valence-corrected chi connectivity index (χ1v) is 9.20. The fourth-order valence-corrected chi connectivity index (χ4v) is 3.23. The monoisotopic (exact) mass is 381 g/mol. The van der Waals surface area contributed by atoms with Gasteiger partial charge in [-0.15, -0.1) is 11.3 Å². The topological polar surface area (TPSA) is 94.3 Å². The summed E-state index contributed by atoms with van der Waals surface area (Å²) in [5.74, 6) is -0.276. The van der Waals surface area contributed by atoms with E-state index in [4.69, 9.17) is 10.5 Å². The van der Waals surface area contributed by atoms with Crippen molar-refractivity contribution < 1.29 is 14.3 Å². The van der Waals surface area contributed by atoms with Crippen LogP contribution in [0.3, 0.4) is 0 Å². The minimum absolute atomic E-state index is 0.175. The Hall–Kier alpha value is -3.19. The van der Waals surface area contributed by atoms with Gasteiger partial charge in [-0.3, -0.25) is 9.59 Å². The number of amides is 2. The van der Waals surface area contributed by atoms with Crippen LogP contribution in [0.25, 0.3) is 10.6 Å². The van der Waals surface area contributed by atoms with Crippen LogP contribution in [0.1, 0.15) is 11.3 Å². The Morgan fingerprint density at radius 3 is 2.70 bits per heavy atom. The number of nitrogens with zero attached hydrogens (tertiary/aromatic N) is 1. The number of carbonyl (C=O) groups is 2. The van der Waals surface area contributed by atoms with E-state index < -0.39 is 5.91 Å². The lowest BCUT2D eigenvalue weighted by molar-refractivity contribution is -0.120. The summed E-state index contributed by atoms with van der Waals surface area (Å²) in [6.07, 6.45) is 0.175. The van der Waals surface area contributed by atoms with Crippen molar-refractivity contribution in [2.24, 2.45) is 5.73 Å². The summed E-state index contributed by atoms with van der Waals surface area (Å²) in [4.78, 5) is 27.6. The van der Waals surface area contributed by atoms with Gasteiger partial charge in [0.1, 0.15) is 10.8 Å². The molecule has 0 saturated carbocycles. The van der Waals surface area contributed by atoms with E-state index >= 15 is 0 Å². The second kappa shape index (κ2) is 8.46. The maximum Gasteiger partial charge on any atom is 0.255 e. The van der Waals surface area contributed by atoms with Crippen molar-refractivity contribution >= 4 is 28.8 Å². The van der Waals surface area contributed by atoms with Crippen LogP contribution in [-0.4, -0.2) is 23.4 Å². The molecule has 6 nitrogen and oxygen atoms in total. The van der Waals surface area contributed by atoms with Gasteiger partial charge in [0.25, 0.3) is 5.91 Å². The van der Waals surface area contributed by atoms with Gasteiger partial charge in [-0.05, 0) is 19.1 Å². The van der Waals surface area contributed by atoms with E-state index in [1.165, 1.54) is 16.9 Å². The number of anilines is 1. The number of carbonyl (C=O) groups excluding carboxylic acids is 2. The first-order chi connectivity index (χ1) is 13.0. The van der Waals surface area contributed by atoms with Gasteiger partial charge in [-0.2, -0.15) is 0 Å². The molecular weight excluding hydrogens is 362 g/mol. The van der Waals surface area contributed by atoms with E-state index in [1.54, 1.807) is 24.3 Å². The largest absolute Gasteiger partial charge is 0.484 e. The van der Waals surface area contributed by atoms with Gasteiger partial charge in [-0.25, -0.2) is 4.98 Å². The third-order valence-corrected chi connectivity index (χ3v) is 4.63. The minimum Gasteiger partial charge on any atom is -0.484 e. The molecule has 1 heterocycles. The highest BCUT2D eigenvalue weighted by atomic mass is 32.1. The zero-order valence-corrected chi connectivity index (χ0v) is 15.6. The number of benzene rings is 2. The highest BCUT2D eigenvalue weighted by Crippen LogP contribution is 2.24. The lowest BCUT2D eigenvalue weighted by Gasteiger charge is -2.07. The predicted molar refractivity (Wildman–Crippen MR) is 106 cm³/mol. The van der Waals surface area contributed by atoms with Gasteiger partial charge in [0.15, 0.2) is 6.61 Å². The standard InChI is InChI=1S/C20H19N3O3S/c1-13-5-7-14(8-6-13)20-23-16(12-27-20)10-19(25)22-15-3-2-4-17(9-15)26-11-18(21)24/h2-9,12H,10-11H2,1H3,(H2,21,24)(H,22,25). The minimum atomic E-state index is -0.558. The molecule has 1 aromatic heterocycles. The highest BCUT2D eigenvalue weighted by molar-refractivity contribution is 7.13. The SMILES string of the molecule is Cc1ccc(-c2nc(CC(=O)Nc3cccc(OCC(N)=O)c3)cs2)cc1. The van der Waals surface area contributed by atoms with Gasteiger partial charge >= 0.3 is 0 Å². The van der Waals surface area contributed by atoms with Gasteiger partial charge in [0.2, 0.25) is 5.91 Å². The summed E-state index contributed by atoms with van der Waals surface area (Å²) < 4.78 is 5.23. The van der Waals surface area contributed by atoms with Crippen LogP contribution >= 0.6 is 11.3 Å². The van der Waals surface area contributed by atoms with Crippen LogP contribution in [0.15, 0.2) is 53.9 Å². The quantitative estimate of drug-likeness (QED) is 0.657. The van der Waals surface area contributed by atoms with Crippen molar-refractivity contribution in [1.29, 1.82) is 0 Å². The van der Waals surface area contributed by atoms with Crippen molar-refractivity contribution in [3.63, 3.8) is 0 Å². The fourth-order valence-electron chi connectivity index (χ4n) is 2.40. The molecule has 3 N–H and O–H groups in total. The van der Waals surface area contributed by atoms with Crippen LogP contribution < -0.4 is 15.8 Å². The molecule has 2 aromatic carbocycles. The van der Waals surface area contributed by atoms with Crippen molar-refractivity contribution in [2.45, 2.75) is 13.3 Å². The molecule has 7 heteroatoms. The maximum absolute atomic E-state index is 12.3. The second-order valence-corrected chi connectivity index (χ2v) is 6.88. The number of thiazole rings is 1. The summed E-state index contributed by atoms with van der Waals surface area (Å²) in [5.41, 5.74) is 8.58. The zero-order chi connectivity index (χ0) is 19.2. The van der Waals surface area contributed by atoms with Gasteiger partial charge < -0.3 is 15.8 Å². The molecule has 27 heavy (non-hydrogen) atoms. The third kappa shape index (κ3) is 5.39. The summed E-state index contributed by atoms with van der Waals surface area (Å²) in [6, 6.07) is 14.9. The van der Waals surface area contributed by atoms with Crippen molar-refractivity contribution in [1.82, 2.24) is 4.98 Å². The molecule has 3 rings (SSSR count). The van der Waals surface area contributed by atoms with E-state index in [2.05, 4.69) is 10.3 Å². The fraction of sp³-hybridized carbons (Fsp3) is 0.150. The van der Waals surface area contributed by atoms with Gasteiger partial charge in [0, 0.05) is 22.7 Å². The Bertz CT molecular complexity index is 951. The summed E-state index contributed by atoms with van der Waals surface area (Å²) in [6.45, 7) is 1.83. The zero-order valence-electron chi connectivity index (χ0n) is 14.8. The molecule has 3 aromatic rings. The first-order valence-electron chi connectivity index (χ1n) is 8.32. The lowest BCUT2D eigenvalue weighted by atomic mass is 10.2. The first kappa shape index (κ1) is 18.6. The molecule has 0 radical (unpaired) electrons. The molecule has 0 bridgehead atoms. The molecular formula is C20H19N3O3S. The molecule has 0 fully saturated rings. The normalized spacial score (nSPS) is 10.4. The van der Waals surface area contributed by atoms with E-state index in [0.29, 0.717) is 17.1 Å². The Labute approximate surface area is 161 Å². The molecule has 0 aliphatic rings. The molecule has 0 unspecified atom stereocenters. The predicted octanol–water partition coefficient (Wildman–Crippen LogP) is 3.16. The molecule has 0 aliphatic heterocycles. The Morgan fingerprint density at radius 1 is 1.19 bits per heavy atom. The van der Waals surface area contributed by atoms with Crippen molar-refractivity contribution in [2.75, 3.05) is 11.9 Å². The number of ether oxygens (including phenoxy) is 1. The van der Waals surface area contributed by atoms with Crippen LogP contribution in [0.4, 0.5) is 5.69 Å². The van der Waals surface area contributed by atoms with Crippen LogP contribution in [0, 0.1) is 6.92 Å². The summed E-state index contributed by atoms with van der Waals surface area (Å²) in [7, 11) is 0. The van der Waals surface area contributed by atoms with E-state index in [0.717, 1.165) is 10.6 Å². The average molecular weight is 381 g/mol. The van der Waals surface area contributed by atoms with Crippen LogP contribution in [-0.2, 0) is 16.0 Å². The highest BCUT2D eigenvalue weighted by Gasteiger charge is 2.10. The average Bonchev–Trinajstić information content (AvgIpc) is 3.09. The molecule has 0 atom stereocenters. The number of primary amides is 1.